The molecule has 9 nitrogen and oxygen atoms in total. The standard InChI is InChI=1S/C23H24N6O3/c1-14-11-16(12-18(25-14)31-2)19-20(15-7-4-3-5-8-15)26-22(24)29-21(19)27-28(23(29)30)13-17-9-6-10-32-17/h3-5,7-8,11-12,17H,6,9-10,13H2,1-2H3,(H2,24,26)/p+1/t17-/m1/s1. The second-order valence-electron chi connectivity index (χ2n) is 7.92. The summed E-state index contributed by atoms with van der Waals surface area (Å²) in [6.45, 7) is 3.00. The highest BCUT2D eigenvalue weighted by Crippen LogP contribution is 2.34. The van der Waals surface area contributed by atoms with Gasteiger partial charge in [0.1, 0.15) is 5.69 Å². The van der Waals surface area contributed by atoms with E-state index in [2.05, 4.69) is 9.97 Å². The molecule has 0 aliphatic carbocycles. The number of aromatic nitrogens is 5. The molecule has 4 heterocycles. The average Bonchev–Trinajstić information content (AvgIpc) is 3.42. The molecular formula is C23H25N6O3+. The maximum absolute atomic E-state index is 13.2. The molecule has 0 radical (unpaired) electrons. The summed E-state index contributed by atoms with van der Waals surface area (Å²) in [4.78, 5) is 20.9. The number of nitrogen functional groups attached to an aromatic ring is 1. The summed E-state index contributed by atoms with van der Waals surface area (Å²) in [5.41, 5.74) is 10.5. The van der Waals surface area contributed by atoms with Crippen LogP contribution in [0.1, 0.15) is 18.5 Å². The third-order valence-corrected chi connectivity index (χ3v) is 5.70. The number of nitrogens with two attached hydrogens (primary N) is 1. The number of pyridine rings is 1. The summed E-state index contributed by atoms with van der Waals surface area (Å²) in [5.74, 6) is 0.694. The molecule has 1 aromatic carbocycles. The number of anilines is 1. The van der Waals surface area contributed by atoms with Gasteiger partial charge in [-0.2, -0.15) is 4.68 Å². The second kappa shape index (κ2) is 8.08. The Bertz CT molecular complexity index is 1340. The molecule has 1 fully saturated rings. The Labute approximate surface area is 184 Å². The molecule has 32 heavy (non-hydrogen) atoms. The van der Waals surface area contributed by atoms with Gasteiger partial charge in [-0.3, -0.25) is 5.73 Å². The van der Waals surface area contributed by atoms with Gasteiger partial charge in [0, 0.05) is 23.9 Å². The number of ether oxygens (including phenoxy) is 2. The lowest BCUT2D eigenvalue weighted by molar-refractivity contribution is -0.351. The third kappa shape index (κ3) is 3.50. The minimum Gasteiger partial charge on any atom is -0.481 e. The first-order chi connectivity index (χ1) is 15.5. The smallest absolute Gasteiger partial charge is 0.411 e. The van der Waals surface area contributed by atoms with Gasteiger partial charge in [0.25, 0.3) is 0 Å². The van der Waals surface area contributed by atoms with Crippen molar-refractivity contribution >= 4 is 11.6 Å². The summed E-state index contributed by atoms with van der Waals surface area (Å²) in [6.07, 6.45) is 1.87. The molecule has 4 aromatic rings. The highest BCUT2D eigenvalue weighted by Gasteiger charge is 2.27. The molecular weight excluding hydrogens is 408 g/mol. The maximum Gasteiger partial charge on any atom is 0.411 e. The van der Waals surface area contributed by atoms with E-state index in [-0.39, 0.29) is 17.7 Å². The van der Waals surface area contributed by atoms with Gasteiger partial charge in [-0.25, -0.2) is 14.8 Å². The van der Waals surface area contributed by atoms with Crippen LogP contribution in [0.2, 0.25) is 0 Å². The fourth-order valence-corrected chi connectivity index (χ4v) is 4.23. The number of hydrogen-bond acceptors (Lipinski definition) is 6. The van der Waals surface area contributed by atoms with Gasteiger partial charge in [0.15, 0.2) is 0 Å². The number of rotatable bonds is 5. The van der Waals surface area contributed by atoms with Crippen molar-refractivity contribution in [1.29, 1.82) is 0 Å². The fraction of sp³-hybridized carbons (Fsp3) is 0.304. The second-order valence-corrected chi connectivity index (χ2v) is 7.92. The summed E-state index contributed by atoms with van der Waals surface area (Å²) in [5, 5.41) is 4.71. The van der Waals surface area contributed by atoms with Crippen LogP contribution in [0.3, 0.4) is 0 Å². The van der Waals surface area contributed by atoms with E-state index in [1.54, 1.807) is 7.11 Å². The molecule has 0 spiro atoms. The Morgan fingerprint density at radius 1 is 1.25 bits per heavy atom. The molecule has 0 bridgehead atoms. The number of aryl methyl sites for hydroxylation is 1. The quantitative estimate of drug-likeness (QED) is 0.516. The lowest BCUT2D eigenvalue weighted by Gasteiger charge is -2.11. The molecule has 3 aromatic heterocycles. The van der Waals surface area contributed by atoms with Crippen molar-refractivity contribution in [3.05, 3.63) is 58.6 Å². The van der Waals surface area contributed by atoms with E-state index in [9.17, 15) is 4.79 Å². The van der Waals surface area contributed by atoms with Crippen LogP contribution in [0.4, 0.5) is 5.95 Å². The predicted octanol–water partition coefficient (Wildman–Crippen LogP) is 2.12. The van der Waals surface area contributed by atoms with Crippen LogP contribution in [0.5, 0.6) is 5.88 Å². The molecule has 0 saturated carbocycles. The van der Waals surface area contributed by atoms with Crippen molar-refractivity contribution < 1.29 is 14.5 Å². The Morgan fingerprint density at radius 3 is 2.78 bits per heavy atom. The zero-order valence-electron chi connectivity index (χ0n) is 18.0. The number of benzene rings is 1. The average molecular weight is 433 g/mol. The molecule has 1 atom stereocenters. The van der Waals surface area contributed by atoms with E-state index >= 15 is 0 Å². The SMILES string of the molecule is COc1cc(-c2c(-c3ccccc3)[nH+]c(N)n3c(=O)n(C[C@H]4CCCO4)nc23)cc(C)n1. The lowest BCUT2D eigenvalue weighted by atomic mass is 10.00. The van der Waals surface area contributed by atoms with Crippen molar-refractivity contribution in [3.63, 3.8) is 0 Å². The molecule has 5 rings (SSSR count). The maximum atomic E-state index is 13.2. The zero-order valence-corrected chi connectivity index (χ0v) is 18.0. The molecule has 164 valence electrons. The van der Waals surface area contributed by atoms with Crippen LogP contribution in [0, 0.1) is 6.92 Å². The minimum absolute atomic E-state index is 0.0249. The van der Waals surface area contributed by atoms with Crippen molar-refractivity contribution in [2.24, 2.45) is 0 Å². The first-order valence-electron chi connectivity index (χ1n) is 10.6. The monoisotopic (exact) mass is 433 g/mol. The zero-order chi connectivity index (χ0) is 22.2. The summed E-state index contributed by atoms with van der Waals surface area (Å²) >= 11 is 0. The van der Waals surface area contributed by atoms with Gasteiger partial charge in [-0.1, -0.05) is 30.3 Å². The Morgan fingerprint density at radius 2 is 2.06 bits per heavy atom. The van der Waals surface area contributed by atoms with Crippen molar-refractivity contribution in [1.82, 2.24) is 19.2 Å². The molecule has 0 unspecified atom stereocenters. The van der Waals surface area contributed by atoms with Crippen LogP contribution in [-0.2, 0) is 11.3 Å². The largest absolute Gasteiger partial charge is 0.481 e. The Balaban J connectivity index is 1.81. The molecule has 9 heteroatoms. The van der Waals surface area contributed by atoms with Crippen molar-refractivity contribution in [3.8, 4) is 28.3 Å². The number of aromatic amines is 1. The van der Waals surface area contributed by atoms with E-state index in [1.165, 1.54) is 9.08 Å². The summed E-state index contributed by atoms with van der Waals surface area (Å²) in [6, 6.07) is 13.6. The van der Waals surface area contributed by atoms with Crippen LogP contribution >= 0.6 is 0 Å². The van der Waals surface area contributed by atoms with Crippen LogP contribution < -0.4 is 21.1 Å². The Hall–Kier alpha value is -3.72. The number of hydrogen-bond donors (Lipinski definition) is 1. The van der Waals surface area contributed by atoms with Crippen LogP contribution in [-0.4, -0.2) is 39.0 Å². The lowest BCUT2D eigenvalue weighted by Crippen LogP contribution is -2.30. The van der Waals surface area contributed by atoms with Gasteiger partial charge in [-0.15, -0.1) is 9.50 Å². The summed E-state index contributed by atoms with van der Waals surface area (Å²) < 4.78 is 14.0. The van der Waals surface area contributed by atoms with Gasteiger partial charge in [0.05, 0.1) is 25.3 Å². The molecule has 1 aliphatic heterocycles. The third-order valence-electron chi connectivity index (χ3n) is 5.70. The number of methoxy groups -OCH3 is 1. The number of H-pyrrole nitrogens is 1. The normalized spacial score (nSPS) is 16.0. The fourth-order valence-electron chi connectivity index (χ4n) is 4.23. The highest BCUT2D eigenvalue weighted by atomic mass is 16.5. The van der Waals surface area contributed by atoms with Gasteiger partial charge < -0.3 is 9.47 Å². The molecule has 1 aliphatic rings. The van der Waals surface area contributed by atoms with E-state index in [0.717, 1.165) is 40.9 Å². The van der Waals surface area contributed by atoms with Crippen LogP contribution in [0.15, 0.2) is 47.3 Å². The van der Waals surface area contributed by atoms with Gasteiger partial charge in [0.2, 0.25) is 11.5 Å². The van der Waals surface area contributed by atoms with Gasteiger partial charge >= 0.3 is 11.6 Å². The topological polar surface area (TPSA) is 111 Å². The first-order valence-corrected chi connectivity index (χ1v) is 10.6. The summed E-state index contributed by atoms with van der Waals surface area (Å²) in [7, 11) is 1.58. The predicted molar refractivity (Wildman–Crippen MR) is 119 cm³/mol. The van der Waals surface area contributed by atoms with E-state index < -0.39 is 0 Å². The Kier molecular flexibility index (Phi) is 5.10. The van der Waals surface area contributed by atoms with Gasteiger partial charge in [-0.05, 0) is 31.4 Å². The molecule has 3 N–H and O–H groups in total. The first kappa shape index (κ1) is 20.2. The highest BCUT2D eigenvalue weighted by molar-refractivity contribution is 5.89. The van der Waals surface area contributed by atoms with Crippen molar-refractivity contribution in [2.75, 3.05) is 19.5 Å². The molecule has 0 amide bonds. The van der Waals surface area contributed by atoms with E-state index in [0.29, 0.717) is 24.7 Å². The van der Waals surface area contributed by atoms with E-state index in [4.69, 9.17) is 20.3 Å². The minimum atomic E-state index is -0.303. The van der Waals surface area contributed by atoms with Crippen LogP contribution in [0.25, 0.3) is 28.0 Å². The van der Waals surface area contributed by atoms with E-state index in [1.807, 2.05) is 49.4 Å². The number of nitrogens with zero attached hydrogens (tertiary/aromatic N) is 4. The molecule has 1 saturated heterocycles. The number of nitrogens with one attached hydrogen (secondary N) is 1. The van der Waals surface area contributed by atoms with Crippen molar-refractivity contribution in [2.45, 2.75) is 32.4 Å². The number of fused-ring (bicyclic) bond motifs is 1.